The predicted molar refractivity (Wildman–Crippen MR) is 107 cm³/mol. The van der Waals surface area contributed by atoms with Gasteiger partial charge >= 0.3 is 0 Å². The van der Waals surface area contributed by atoms with Gasteiger partial charge in [0.15, 0.2) is 0 Å². The monoisotopic (exact) mass is 381 g/mol. The summed E-state index contributed by atoms with van der Waals surface area (Å²) < 4.78 is 0. The highest BCUT2D eigenvalue weighted by Crippen LogP contribution is 2.25. The predicted octanol–water partition coefficient (Wildman–Crippen LogP) is 2.84. The highest BCUT2D eigenvalue weighted by molar-refractivity contribution is 5.94. The fourth-order valence-electron chi connectivity index (χ4n) is 3.48. The Morgan fingerprint density at radius 3 is 2.23 bits per heavy atom. The van der Waals surface area contributed by atoms with E-state index in [0.29, 0.717) is 19.0 Å². The van der Waals surface area contributed by atoms with Crippen LogP contribution in [0.2, 0.25) is 0 Å². The normalized spacial score (nSPS) is 15.3. The van der Waals surface area contributed by atoms with Crippen LogP contribution in [0, 0.1) is 11.3 Å². The van der Waals surface area contributed by atoms with E-state index in [9.17, 15) is 9.59 Å². The van der Waals surface area contributed by atoms with E-state index in [1.165, 1.54) is 0 Å². The second-order valence-electron chi connectivity index (χ2n) is 7.00. The summed E-state index contributed by atoms with van der Waals surface area (Å²) in [6.07, 6.45) is 3.37. The molecule has 1 aliphatic heterocycles. The van der Waals surface area contributed by atoms with E-state index in [1.807, 2.05) is 49.1 Å². The number of carbonyl (C=O) groups is 2. The lowest BCUT2D eigenvalue weighted by molar-refractivity contribution is -0.131. The minimum atomic E-state index is -0.440. The lowest BCUT2D eigenvalue weighted by Crippen LogP contribution is -2.48. The number of hydrogen-bond donors (Lipinski definition) is 2. The Hall–Kier alpha value is -1.59. The molecule has 26 heavy (non-hydrogen) atoms. The molecular formula is C20H32ClN3O2. The zero-order valence-electron chi connectivity index (χ0n) is 15.9. The van der Waals surface area contributed by atoms with Crippen LogP contribution < -0.4 is 11.1 Å². The number of benzene rings is 1. The minimum Gasteiger partial charge on any atom is -0.355 e. The average Bonchev–Trinajstić information content (AvgIpc) is 2.68. The molecule has 0 aromatic heterocycles. The number of nitrogens with two attached hydrogens (primary N) is 1. The van der Waals surface area contributed by atoms with Gasteiger partial charge in [0.2, 0.25) is 5.91 Å². The van der Waals surface area contributed by atoms with Crippen LogP contribution in [0.3, 0.4) is 0 Å². The number of amides is 2. The van der Waals surface area contributed by atoms with Crippen LogP contribution in [0.5, 0.6) is 0 Å². The van der Waals surface area contributed by atoms with Gasteiger partial charge in [-0.05, 0) is 43.7 Å². The van der Waals surface area contributed by atoms with Gasteiger partial charge in [-0.1, -0.05) is 32.0 Å². The van der Waals surface area contributed by atoms with Crippen LogP contribution >= 0.6 is 12.4 Å². The topological polar surface area (TPSA) is 75.4 Å². The number of rotatable bonds is 7. The Balaban J connectivity index is 0.00000338. The summed E-state index contributed by atoms with van der Waals surface area (Å²) in [5.41, 5.74) is 6.14. The molecule has 1 aromatic carbocycles. The van der Waals surface area contributed by atoms with Crippen molar-refractivity contribution in [2.24, 2.45) is 17.1 Å². The van der Waals surface area contributed by atoms with E-state index in [4.69, 9.17) is 5.73 Å². The number of piperidine rings is 1. The Bertz CT molecular complexity index is 559. The molecule has 146 valence electrons. The first-order valence-electron chi connectivity index (χ1n) is 9.39. The van der Waals surface area contributed by atoms with Crippen LogP contribution in [0.4, 0.5) is 0 Å². The molecule has 1 aliphatic rings. The Labute approximate surface area is 163 Å². The van der Waals surface area contributed by atoms with Gasteiger partial charge in [0.25, 0.3) is 5.91 Å². The van der Waals surface area contributed by atoms with E-state index in [-0.39, 0.29) is 24.2 Å². The van der Waals surface area contributed by atoms with Crippen molar-refractivity contribution in [1.29, 1.82) is 0 Å². The summed E-state index contributed by atoms with van der Waals surface area (Å²) in [5, 5.41) is 3.10. The van der Waals surface area contributed by atoms with Crippen LogP contribution in [0.1, 0.15) is 49.9 Å². The number of carbonyl (C=O) groups excluding carboxylic acids is 2. The molecule has 1 aromatic rings. The zero-order valence-corrected chi connectivity index (χ0v) is 16.7. The maximum atomic E-state index is 12.5. The Kier molecular flexibility index (Phi) is 9.09. The fourth-order valence-corrected chi connectivity index (χ4v) is 3.48. The van der Waals surface area contributed by atoms with E-state index in [2.05, 4.69) is 5.32 Å². The number of nitrogens with zero attached hydrogens (tertiary/aromatic N) is 1. The van der Waals surface area contributed by atoms with Crippen molar-refractivity contribution >= 4 is 24.2 Å². The van der Waals surface area contributed by atoms with Crippen molar-refractivity contribution in [1.82, 2.24) is 10.2 Å². The van der Waals surface area contributed by atoms with Gasteiger partial charge in [-0.25, -0.2) is 0 Å². The third-order valence-electron chi connectivity index (χ3n) is 5.70. The summed E-state index contributed by atoms with van der Waals surface area (Å²) >= 11 is 0. The lowest BCUT2D eigenvalue weighted by Gasteiger charge is -2.34. The standard InChI is InChI=1S/C20H31N3O2.ClH/c1-3-20(4-2,15-21)19(25)22-14-16-10-12-23(13-11-16)18(24)17-8-6-5-7-9-17;/h5-9,16H,3-4,10-15,21H2,1-2H3,(H,22,25);1H. The van der Waals surface area contributed by atoms with Crippen LogP contribution in [-0.2, 0) is 4.79 Å². The highest BCUT2D eigenvalue weighted by atomic mass is 35.5. The van der Waals surface area contributed by atoms with Gasteiger partial charge in [-0.15, -0.1) is 12.4 Å². The van der Waals surface area contributed by atoms with E-state index in [0.717, 1.165) is 44.3 Å². The van der Waals surface area contributed by atoms with E-state index < -0.39 is 5.41 Å². The van der Waals surface area contributed by atoms with Gasteiger partial charge in [-0.3, -0.25) is 9.59 Å². The van der Waals surface area contributed by atoms with Gasteiger partial charge in [-0.2, -0.15) is 0 Å². The van der Waals surface area contributed by atoms with Crippen molar-refractivity contribution < 1.29 is 9.59 Å². The fraction of sp³-hybridized carbons (Fsp3) is 0.600. The summed E-state index contributed by atoms with van der Waals surface area (Å²) in [6.45, 7) is 6.59. The molecule has 0 bridgehead atoms. The molecule has 0 unspecified atom stereocenters. The van der Waals surface area contributed by atoms with Crippen LogP contribution in [0.25, 0.3) is 0 Å². The van der Waals surface area contributed by atoms with E-state index >= 15 is 0 Å². The first-order valence-corrected chi connectivity index (χ1v) is 9.39. The average molecular weight is 382 g/mol. The number of halogens is 1. The Morgan fingerprint density at radius 1 is 1.15 bits per heavy atom. The zero-order chi connectivity index (χ0) is 18.3. The quantitative estimate of drug-likeness (QED) is 0.762. The molecule has 0 aliphatic carbocycles. The van der Waals surface area contributed by atoms with Crippen LogP contribution in [-0.4, -0.2) is 42.9 Å². The first kappa shape index (κ1) is 22.5. The third-order valence-corrected chi connectivity index (χ3v) is 5.70. The van der Waals surface area contributed by atoms with Gasteiger partial charge < -0.3 is 16.0 Å². The minimum absolute atomic E-state index is 0. The maximum absolute atomic E-state index is 12.5. The number of nitrogens with one attached hydrogen (secondary N) is 1. The molecule has 0 radical (unpaired) electrons. The lowest BCUT2D eigenvalue weighted by atomic mass is 9.81. The van der Waals surface area contributed by atoms with Gasteiger partial charge in [0.05, 0.1) is 5.41 Å². The van der Waals surface area contributed by atoms with Crippen molar-refractivity contribution in [3.05, 3.63) is 35.9 Å². The molecular weight excluding hydrogens is 350 g/mol. The highest BCUT2D eigenvalue weighted by Gasteiger charge is 2.33. The third kappa shape index (κ3) is 5.21. The van der Waals surface area contributed by atoms with Crippen molar-refractivity contribution in [2.75, 3.05) is 26.2 Å². The number of likely N-dealkylation sites (tertiary alicyclic amines) is 1. The van der Waals surface area contributed by atoms with Gasteiger partial charge in [0, 0.05) is 31.7 Å². The molecule has 0 atom stereocenters. The molecule has 1 saturated heterocycles. The van der Waals surface area contributed by atoms with Crippen molar-refractivity contribution in [3.8, 4) is 0 Å². The van der Waals surface area contributed by atoms with E-state index in [1.54, 1.807) is 0 Å². The molecule has 2 rings (SSSR count). The van der Waals surface area contributed by atoms with Crippen molar-refractivity contribution in [3.63, 3.8) is 0 Å². The molecule has 2 amide bonds. The summed E-state index contributed by atoms with van der Waals surface area (Å²) in [6, 6.07) is 9.41. The maximum Gasteiger partial charge on any atom is 0.253 e. The molecule has 0 saturated carbocycles. The molecule has 1 heterocycles. The van der Waals surface area contributed by atoms with Gasteiger partial charge in [0.1, 0.15) is 0 Å². The SMILES string of the molecule is CCC(CC)(CN)C(=O)NCC1CCN(C(=O)c2ccccc2)CC1.Cl. The summed E-state index contributed by atoms with van der Waals surface area (Å²) in [7, 11) is 0. The Morgan fingerprint density at radius 2 is 1.73 bits per heavy atom. The largest absolute Gasteiger partial charge is 0.355 e. The first-order chi connectivity index (χ1) is 12.1. The summed E-state index contributed by atoms with van der Waals surface area (Å²) in [4.78, 5) is 26.9. The van der Waals surface area contributed by atoms with Crippen molar-refractivity contribution in [2.45, 2.75) is 39.5 Å². The molecule has 0 spiro atoms. The number of hydrogen-bond acceptors (Lipinski definition) is 3. The molecule has 1 fully saturated rings. The second kappa shape index (κ2) is 10.5. The summed E-state index contributed by atoms with van der Waals surface area (Å²) in [5.74, 6) is 0.595. The molecule has 6 heteroatoms. The van der Waals surface area contributed by atoms with Crippen LogP contribution in [0.15, 0.2) is 30.3 Å². The smallest absolute Gasteiger partial charge is 0.253 e. The molecule has 5 nitrogen and oxygen atoms in total. The second-order valence-corrected chi connectivity index (χ2v) is 7.00. The molecule has 3 N–H and O–H groups in total.